The fourth-order valence-corrected chi connectivity index (χ4v) is 3.37. The van der Waals surface area contributed by atoms with Gasteiger partial charge in [-0.15, -0.1) is 0 Å². The lowest BCUT2D eigenvalue weighted by atomic mass is 10.3. The zero-order chi connectivity index (χ0) is 15.8. The Bertz CT molecular complexity index is 937. The third-order valence-electron chi connectivity index (χ3n) is 2.84. The van der Waals surface area contributed by atoms with Crippen molar-refractivity contribution in [2.75, 3.05) is 18.6 Å². The van der Waals surface area contributed by atoms with Crippen molar-refractivity contribution in [2.24, 2.45) is 7.05 Å². The fraction of sp³-hybridized carbons (Fsp3) is 0.364. The molecule has 0 amide bonds. The Morgan fingerprint density at radius 1 is 1.24 bits per heavy atom. The molecular weight excluding hydrogens is 320 g/mol. The van der Waals surface area contributed by atoms with Gasteiger partial charge in [-0.3, -0.25) is 4.57 Å². The van der Waals surface area contributed by atoms with Crippen LogP contribution in [0.1, 0.15) is 0 Å². The Hall–Kier alpha value is -1.65. The van der Waals surface area contributed by atoms with Gasteiger partial charge < -0.3 is 4.42 Å². The number of hydrogen-bond acceptors (Lipinski definition) is 6. The highest BCUT2D eigenvalue weighted by Crippen LogP contribution is 2.17. The number of hydrogen-bond donors (Lipinski definition) is 1. The number of fused-ring (bicyclic) bond motifs is 1. The van der Waals surface area contributed by atoms with Gasteiger partial charge in [-0.1, -0.05) is 0 Å². The lowest BCUT2D eigenvalue weighted by molar-refractivity contribution is 0.527. The number of sulfonamides is 1. The average molecular weight is 334 g/mol. The van der Waals surface area contributed by atoms with Crippen molar-refractivity contribution >= 4 is 31.0 Å². The van der Waals surface area contributed by atoms with Crippen LogP contribution in [0.15, 0.2) is 32.3 Å². The van der Waals surface area contributed by atoms with Crippen LogP contribution in [0.5, 0.6) is 0 Å². The van der Waals surface area contributed by atoms with Gasteiger partial charge in [0.05, 0.1) is 16.2 Å². The van der Waals surface area contributed by atoms with E-state index in [9.17, 15) is 21.6 Å². The van der Waals surface area contributed by atoms with Gasteiger partial charge in [0, 0.05) is 25.9 Å². The van der Waals surface area contributed by atoms with Gasteiger partial charge in [0.2, 0.25) is 10.0 Å². The van der Waals surface area contributed by atoms with Crippen LogP contribution < -0.4 is 10.5 Å². The van der Waals surface area contributed by atoms with Gasteiger partial charge >= 0.3 is 5.76 Å². The number of oxazole rings is 1. The molecule has 0 atom stereocenters. The van der Waals surface area contributed by atoms with Gasteiger partial charge in [-0.05, 0) is 12.1 Å². The predicted molar refractivity (Wildman–Crippen MR) is 76.4 cm³/mol. The van der Waals surface area contributed by atoms with E-state index in [1.54, 1.807) is 0 Å². The molecule has 0 radical (unpaired) electrons. The Balaban J connectivity index is 2.30. The molecule has 8 nitrogen and oxygen atoms in total. The van der Waals surface area contributed by atoms with Crippen molar-refractivity contribution in [3.05, 3.63) is 28.7 Å². The second-order valence-corrected chi connectivity index (χ2v) is 8.61. The first-order valence-corrected chi connectivity index (χ1v) is 9.41. The molecule has 0 unspecified atom stereocenters. The maximum Gasteiger partial charge on any atom is 0.419 e. The SMILES string of the molecule is Cn1c(=O)oc2cc(S(=O)(=O)NCCS(C)(=O)=O)ccc21. The summed E-state index contributed by atoms with van der Waals surface area (Å²) in [5.74, 6) is -0.890. The topological polar surface area (TPSA) is 115 Å². The molecule has 0 fully saturated rings. The summed E-state index contributed by atoms with van der Waals surface area (Å²) in [6, 6.07) is 3.99. The lowest BCUT2D eigenvalue weighted by Crippen LogP contribution is -2.28. The molecule has 21 heavy (non-hydrogen) atoms. The summed E-state index contributed by atoms with van der Waals surface area (Å²) in [5, 5.41) is 0. The van der Waals surface area contributed by atoms with E-state index in [-0.39, 0.29) is 22.8 Å². The predicted octanol–water partition coefficient (Wildman–Crippen LogP) is -0.546. The summed E-state index contributed by atoms with van der Waals surface area (Å²) in [4.78, 5) is 11.2. The fourth-order valence-electron chi connectivity index (χ4n) is 1.73. The summed E-state index contributed by atoms with van der Waals surface area (Å²) in [6.07, 6.45) is 1.02. The maximum absolute atomic E-state index is 12.0. The number of benzene rings is 1. The second-order valence-electron chi connectivity index (χ2n) is 4.58. The lowest BCUT2D eigenvalue weighted by Gasteiger charge is -2.06. The summed E-state index contributed by atoms with van der Waals surface area (Å²) in [6.45, 7) is -0.224. The van der Waals surface area contributed by atoms with E-state index in [4.69, 9.17) is 4.42 Å². The number of nitrogens with zero attached hydrogens (tertiary/aromatic N) is 1. The highest BCUT2D eigenvalue weighted by atomic mass is 32.2. The van der Waals surface area contributed by atoms with E-state index in [0.29, 0.717) is 5.52 Å². The summed E-state index contributed by atoms with van der Waals surface area (Å²) in [5.41, 5.74) is 0.614. The molecule has 1 heterocycles. The molecule has 1 N–H and O–H groups in total. The molecule has 2 aromatic rings. The first kappa shape index (κ1) is 15.7. The highest BCUT2D eigenvalue weighted by molar-refractivity contribution is 7.91. The number of sulfone groups is 1. The van der Waals surface area contributed by atoms with Gasteiger partial charge in [-0.2, -0.15) is 0 Å². The molecule has 116 valence electrons. The second kappa shape index (κ2) is 5.28. The molecule has 1 aromatic heterocycles. The van der Waals surface area contributed by atoms with Crippen molar-refractivity contribution in [3.8, 4) is 0 Å². The van der Waals surface area contributed by atoms with Crippen LogP contribution in [-0.2, 0) is 26.9 Å². The first-order chi connectivity index (χ1) is 9.60. The Labute approximate surface area is 121 Å². The third kappa shape index (κ3) is 3.52. The average Bonchev–Trinajstić information content (AvgIpc) is 2.63. The van der Waals surface area contributed by atoms with Gasteiger partial charge in [0.1, 0.15) is 9.84 Å². The van der Waals surface area contributed by atoms with Crippen LogP contribution in [0.4, 0.5) is 0 Å². The molecular formula is C11H14N2O6S2. The minimum Gasteiger partial charge on any atom is -0.408 e. The van der Waals surface area contributed by atoms with Crippen LogP contribution in [0, 0.1) is 0 Å². The summed E-state index contributed by atoms with van der Waals surface area (Å²) < 4.78 is 54.4. The van der Waals surface area contributed by atoms with Crippen LogP contribution in [0.2, 0.25) is 0 Å². The Morgan fingerprint density at radius 3 is 2.52 bits per heavy atom. The van der Waals surface area contributed by atoms with Crippen molar-refractivity contribution < 1.29 is 21.3 Å². The standard InChI is InChI=1S/C11H14N2O6S2/c1-13-9-4-3-8(7-10(9)19-11(13)14)21(17,18)12-5-6-20(2,15)16/h3-4,7,12H,5-6H2,1-2H3. The zero-order valence-corrected chi connectivity index (χ0v) is 13.0. The van der Waals surface area contributed by atoms with Crippen LogP contribution >= 0.6 is 0 Å². The largest absolute Gasteiger partial charge is 0.419 e. The van der Waals surface area contributed by atoms with Gasteiger partial charge in [-0.25, -0.2) is 26.4 Å². The Kier molecular flexibility index (Phi) is 3.95. The van der Waals surface area contributed by atoms with Crippen LogP contribution in [-0.4, -0.2) is 40.0 Å². The van der Waals surface area contributed by atoms with E-state index in [2.05, 4.69) is 4.72 Å². The molecule has 1 aromatic carbocycles. The van der Waals surface area contributed by atoms with Crippen molar-refractivity contribution in [1.82, 2.24) is 9.29 Å². The monoisotopic (exact) mass is 334 g/mol. The number of rotatable bonds is 5. The van der Waals surface area contributed by atoms with Crippen LogP contribution in [0.3, 0.4) is 0 Å². The van der Waals surface area contributed by atoms with Gasteiger partial charge in [0.25, 0.3) is 0 Å². The smallest absolute Gasteiger partial charge is 0.408 e. The minimum absolute atomic E-state index is 0.0992. The van der Waals surface area contributed by atoms with Crippen molar-refractivity contribution in [2.45, 2.75) is 4.90 Å². The Morgan fingerprint density at radius 2 is 1.90 bits per heavy atom. The molecule has 0 aliphatic carbocycles. The maximum atomic E-state index is 12.0. The quantitative estimate of drug-likeness (QED) is 0.785. The summed E-state index contributed by atoms with van der Waals surface area (Å²) in [7, 11) is -5.61. The molecule has 0 saturated heterocycles. The molecule has 0 aliphatic heterocycles. The van der Waals surface area contributed by atoms with E-state index >= 15 is 0 Å². The molecule has 10 heteroatoms. The van der Waals surface area contributed by atoms with Crippen molar-refractivity contribution in [3.63, 3.8) is 0 Å². The van der Waals surface area contributed by atoms with Gasteiger partial charge in [0.15, 0.2) is 5.58 Å². The van der Waals surface area contributed by atoms with E-state index in [1.165, 1.54) is 29.8 Å². The third-order valence-corrected chi connectivity index (χ3v) is 5.24. The number of aryl methyl sites for hydroxylation is 1. The van der Waals surface area contributed by atoms with E-state index < -0.39 is 25.6 Å². The number of nitrogens with one attached hydrogen (secondary N) is 1. The number of aromatic nitrogens is 1. The molecule has 0 bridgehead atoms. The molecule has 0 spiro atoms. The highest BCUT2D eigenvalue weighted by Gasteiger charge is 2.17. The normalized spacial score (nSPS) is 12.9. The minimum atomic E-state index is -3.86. The summed E-state index contributed by atoms with van der Waals surface area (Å²) >= 11 is 0. The molecule has 0 saturated carbocycles. The molecule has 0 aliphatic rings. The van der Waals surface area contributed by atoms with E-state index in [1.807, 2.05) is 0 Å². The molecule has 2 rings (SSSR count). The van der Waals surface area contributed by atoms with E-state index in [0.717, 1.165) is 6.26 Å². The zero-order valence-electron chi connectivity index (χ0n) is 11.4. The van der Waals surface area contributed by atoms with Crippen LogP contribution in [0.25, 0.3) is 11.1 Å². The first-order valence-electron chi connectivity index (χ1n) is 5.87. The van der Waals surface area contributed by atoms with Crippen molar-refractivity contribution in [1.29, 1.82) is 0 Å².